The molecule has 0 radical (unpaired) electrons. The highest BCUT2D eigenvalue weighted by molar-refractivity contribution is 6.00. The van der Waals surface area contributed by atoms with E-state index in [0.717, 1.165) is 17.7 Å². The fourth-order valence-electron chi connectivity index (χ4n) is 13.5. The molecule has 2 bridgehead atoms. The topological polar surface area (TPSA) is 282 Å². The van der Waals surface area contributed by atoms with E-state index in [9.17, 15) is 24.3 Å². The summed E-state index contributed by atoms with van der Waals surface area (Å²) >= 11 is 0. The van der Waals surface area contributed by atoms with Gasteiger partial charge in [-0.2, -0.15) is 0 Å². The van der Waals surface area contributed by atoms with E-state index in [2.05, 4.69) is 20.9 Å². The lowest BCUT2D eigenvalue weighted by Gasteiger charge is -2.43. The third kappa shape index (κ3) is 20.7. The first-order chi connectivity index (χ1) is 43.6. The van der Waals surface area contributed by atoms with Gasteiger partial charge in [0, 0.05) is 76.0 Å². The molecule has 536 valence electrons. The number of ether oxygens (including phenoxy) is 1. The van der Waals surface area contributed by atoms with Crippen molar-refractivity contribution in [3.05, 3.63) is 12.2 Å². The third-order valence-electron chi connectivity index (χ3n) is 19.4. The molecule has 94 heavy (non-hydrogen) atoms. The minimum atomic E-state index is -1.61. The summed E-state index contributed by atoms with van der Waals surface area (Å²) in [6.07, 6.45) is 4.71. The molecule has 0 aromatic rings. The van der Waals surface area contributed by atoms with Crippen LogP contribution in [-0.4, -0.2) is 275 Å². The van der Waals surface area contributed by atoms with Crippen LogP contribution < -0.4 is 16.0 Å². The van der Waals surface area contributed by atoms with Gasteiger partial charge in [-0.05, 0) is 114 Å². The SMILES string of the molecule is C/C=C/C[C@@H](C)[C@@H](O)[C@H]1C(=O)N(C)[C@@H](CC)C(=O)N(C)[C@H](C)C(=O)N(C)[C@@H]([C@H](C)CN2CC3CCC(C2)O3)C(=O)N[C@@H](C(C)C)C(=O)N(C)[C@@H](CC(C)C)C(=O)N[C@@H](C)C(=O)N[C@H](C)C(=O)N(C)[C@@H](CC(C)C)C(=O)N(C)[C@@H](CC(C)C)C(=O)N(C)[C@@H](C(C)C)C(=O)N1C. The molecule has 16 atom stereocenters. The molecule has 3 rings (SSSR count). The summed E-state index contributed by atoms with van der Waals surface area (Å²) < 4.78 is 6.13. The van der Waals surface area contributed by atoms with Gasteiger partial charge in [0.2, 0.25) is 65.0 Å². The number of rotatable bonds is 16. The summed E-state index contributed by atoms with van der Waals surface area (Å²) in [7, 11) is 11.5. The van der Waals surface area contributed by atoms with Gasteiger partial charge in [0.25, 0.3) is 0 Å². The van der Waals surface area contributed by atoms with E-state index >= 15 is 33.6 Å². The second-order valence-electron chi connectivity index (χ2n) is 29.3. The minimum absolute atomic E-state index is 0.0141. The normalized spacial score (nSPS) is 29.9. The van der Waals surface area contributed by atoms with Crippen molar-refractivity contribution in [1.82, 2.24) is 60.0 Å². The van der Waals surface area contributed by atoms with E-state index < -0.39 is 161 Å². The van der Waals surface area contributed by atoms with E-state index in [0.29, 0.717) is 26.1 Å². The average Bonchev–Trinajstić information content (AvgIpc) is 0.921. The van der Waals surface area contributed by atoms with Crippen molar-refractivity contribution in [1.29, 1.82) is 0 Å². The second kappa shape index (κ2) is 36.2. The van der Waals surface area contributed by atoms with Crippen LogP contribution in [0.25, 0.3) is 0 Å². The molecule has 0 aliphatic carbocycles. The van der Waals surface area contributed by atoms with Gasteiger partial charge < -0.3 is 65.0 Å². The van der Waals surface area contributed by atoms with Gasteiger partial charge in [0.05, 0.1) is 18.3 Å². The number of carbonyl (C=O) groups is 11. The molecule has 3 saturated heterocycles. The zero-order chi connectivity index (χ0) is 72.0. The first-order valence-electron chi connectivity index (χ1n) is 34.3. The fraction of sp³-hybridized carbons (Fsp3) is 0.812. The zero-order valence-corrected chi connectivity index (χ0v) is 61.7. The van der Waals surface area contributed by atoms with Crippen molar-refractivity contribution in [2.45, 2.75) is 247 Å². The number of hydrogen-bond donors (Lipinski definition) is 4. The Labute approximate surface area is 562 Å². The Hall–Kier alpha value is -6.21. The van der Waals surface area contributed by atoms with Crippen LogP contribution in [0.1, 0.15) is 163 Å². The van der Waals surface area contributed by atoms with Crippen LogP contribution in [0, 0.1) is 41.4 Å². The lowest BCUT2D eigenvalue weighted by atomic mass is 9.91. The van der Waals surface area contributed by atoms with Crippen LogP contribution in [-0.2, 0) is 57.5 Å². The Balaban J connectivity index is 2.37. The Morgan fingerprint density at radius 1 is 0.468 bits per heavy atom. The minimum Gasteiger partial charge on any atom is -0.390 e. The van der Waals surface area contributed by atoms with Crippen LogP contribution >= 0.6 is 0 Å². The molecule has 0 aromatic carbocycles. The zero-order valence-electron chi connectivity index (χ0n) is 61.7. The molecule has 3 aliphatic rings. The Morgan fingerprint density at radius 3 is 1.37 bits per heavy atom. The fourth-order valence-corrected chi connectivity index (χ4v) is 13.5. The van der Waals surface area contributed by atoms with Gasteiger partial charge >= 0.3 is 0 Å². The maximum Gasteiger partial charge on any atom is 0.248 e. The van der Waals surface area contributed by atoms with Gasteiger partial charge in [-0.1, -0.05) is 102 Å². The molecular weight excluding hydrogens is 1200 g/mol. The average molecular weight is 1330 g/mol. The summed E-state index contributed by atoms with van der Waals surface area (Å²) in [5.74, 6) is -10.1. The van der Waals surface area contributed by atoms with E-state index in [-0.39, 0.29) is 55.6 Å². The maximum absolute atomic E-state index is 15.4. The van der Waals surface area contributed by atoms with Crippen molar-refractivity contribution >= 4 is 65.0 Å². The summed E-state index contributed by atoms with van der Waals surface area (Å²) in [6, 6.07) is -13.8. The maximum atomic E-state index is 15.4. The molecule has 0 spiro atoms. The quantitative estimate of drug-likeness (QED) is 0.161. The molecule has 3 fully saturated rings. The van der Waals surface area contributed by atoms with Crippen LogP contribution in [0.3, 0.4) is 0 Å². The molecule has 0 saturated carbocycles. The first kappa shape index (κ1) is 82.0. The van der Waals surface area contributed by atoms with Crippen molar-refractivity contribution in [2.75, 3.05) is 76.0 Å². The van der Waals surface area contributed by atoms with Crippen LogP contribution in [0.4, 0.5) is 0 Å². The molecule has 25 nitrogen and oxygen atoms in total. The van der Waals surface area contributed by atoms with E-state index in [1.165, 1.54) is 111 Å². The van der Waals surface area contributed by atoms with E-state index in [1.807, 2.05) is 61.5 Å². The molecule has 3 aliphatic heterocycles. The van der Waals surface area contributed by atoms with Gasteiger partial charge in [-0.3, -0.25) is 57.6 Å². The standard InChI is InChI=1S/C69H122N12O13/c1-26-28-29-43(13)58(82)57-69(93)74(19)50(27-2)64(88)73(18)47(17)63(87)79(24)56(44(14)35-81-36-48-30-31-49(37-81)94-48)61(85)72-54(41(9)10)67(91)75(20)51(32-38(3)4)60(84)70-45(15)59(83)71-46(16)62(86)76(21)52(33-39(5)6)65(89)77(22)53(34-40(7)8)66(90)78(23)55(42(11)12)68(92)80(57)25/h26,28,38-58,82H,27,29-37H2,1-25H3,(H,70,84)(H,71,83)(H,72,85)/b28-26+/t43-,44-,45+,46-,47-,48?,49?,50+,51+,52+,53+,54+,55+,56+,57+,58-/m1/s1. The number of fused-ring (bicyclic) bond motifs is 2. The number of likely N-dealkylation sites (N-methyl/N-ethyl adjacent to an activating group) is 8. The summed E-state index contributed by atoms with van der Waals surface area (Å²) in [5, 5.41) is 20.8. The molecule has 3 heterocycles. The highest BCUT2D eigenvalue weighted by atomic mass is 16.5. The first-order valence-corrected chi connectivity index (χ1v) is 34.3. The highest BCUT2D eigenvalue weighted by Gasteiger charge is 2.48. The molecule has 11 amide bonds. The molecule has 2 unspecified atom stereocenters. The molecule has 25 heteroatoms. The van der Waals surface area contributed by atoms with E-state index in [1.54, 1.807) is 47.6 Å². The number of likely N-dealkylation sites (tertiary alicyclic amines) is 1. The van der Waals surface area contributed by atoms with Crippen molar-refractivity contribution in [3.8, 4) is 0 Å². The largest absolute Gasteiger partial charge is 0.390 e. The van der Waals surface area contributed by atoms with Crippen molar-refractivity contribution in [2.24, 2.45) is 41.4 Å². The summed E-state index contributed by atoms with van der Waals surface area (Å²) in [5.41, 5.74) is 0. The number of amides is 11. The lowest BCUT2D eigenvalue weighted by Crippen LogP contribution is -2.64. The number of hydrogen-bond acceptors (Lipinski definition) is 14. The third-order valence-corrected chi connectivity index (χ3v) is 19.4. The Bertz CT molecular complexity index is 2640. The Morgan fingerprint density at radius 2 is 0.894 bits per heavy atom. The number of aliphatic hydroxyl groups excluding tert-OH is 1. The molecule has 0 aromatic heterocycles. The monoisotopic (exact) mass is 1330 g/mol. The molecular formula is C69H122N12O13. The van der Waals surface area contributed by atoms with E-state index in [4.69, 9.17) is 4.74 Å². The van der Waals surface area contributed by atoms with Gasteiger partial charge in [0.15, 0.2) is 0 Å². The highest BCUT2D eigenvalue weighted by Crippen LogP contribution is 2.30. The number of allylic oxidation sites excluding steroid dienone is 2. The Kier molecular flexibility index (Phi) is 31.6. The number of nitrogens with one attached hydrogen (secondary N) is 3. The number of nitrogens with zero attached hydrogens (tertiary/aromatic N) is 9. The van der Waals surface area contributed by atoms with Crippen molar-refractivity contribution < 1.29 is 62.6 Å². The number of aliphatic hydroxyl groups is 1. The predicted molar refractivity (Wildman–Crippen MR) is 362 cm³/mol. The predicted octanol–water partition coefficient (Wildman–Crippen LogP) is 3.45. The van der Waals surface area contributed by atoms with Gasteiger partial charge in [0.1, 0.15) is 66.5 Å². The van der Waals surface area contributed by atoms with Gasteiger partial charge in [-0.15, -0.1) is 0 Å². The number of morpholine rings is 1. The smallest absolute Gasteiger partial charge is 0.248 e. The van der Waals surface area contributed by atoms with Crippen molar-refractivity contribution in [3.63, 3.8) is 0 Å². The van der Waals surface area contributed by atoms with Crippen LogP contribution in [0.5, 0.6) is 0 Å². The summed E-state index contributed by atoms with van der Waals surface area (Å²) in [4.78, 5) is 177. The summed E-state index contributed by atoms with van der Waals surface area (Å²) in [6.45, 7) is 31.3. The van der Waals surface area contributed by atoms with Crippen LogP contribution in [0.2, 0.25) is 0 Å². The van der Waals surface area contributed by atoms with Gasteiger partial charge in [-0.25, -0.2) is 0 Å². The number of carbonyl (C=O) groups excluding carboxylic acids is 11. The lowest BCUT2D eigenvalue weighted by molar-refractivity contribution is -0.161. The molecule has 4 N–H and O–H groups in total. The second-order valence-corrected chi connectivity index (χ2v) is 29.3. The van der Waals surface area contributed by atoms with Crippen LogP contribution in [0.15, 0.2) is 12.2 Å².